The van der Waals surface area contributed by atoms with Crippen LogP contribution in [0.1, 0.15) is 117 Å². The van der Waals surface area contributed by atoms with Gasteiger partial charge in [0, 0.05) is 18.7 Å². The number of rotatable bonds is 27. The third-order valence-electron chi connectivity index (χ3n) is 5.95. The molecular formula is C29H54NO8P. The summed E-state index contributed by atoms with van der Waals surface area (Å²) in [6, 6.07) is 0. The summed E-state index contributed by atoms with van der Waals surface area (Å²) in [7, 11) is -4.38. The van der Waals surface area contributed by atoms with E-state index in [-0.39, 0.29) is 19.8 Å². The van der Waals surface area contributed by atoms with Crippen molar-refractivity contribution in [2.75, 3.05) is 26.4 Å². The molecule has 1 unspecified atom stereocenters. The molecule has 10 heteroatoms. The van der Waals surface area contributed by atoms with Crippen molar-refractivity contribution in [2.24, 2.45) is 5.73 Å². The monoisotopic (exact) mass is 575 g/mol. The average Bonchev–Trinajstić information content (AvgIpc) is 2.91. The van der Waals surface area contributed by atoms with Crippen LogP contribution in [-0.4, -0.2) is 49.3 Å². The van der Waals surface area contributed by atoms with Gasteiger partial charge < -0.3 is 20.1 Å². The number of nitrogens with two attached hydrogens (primary N) is 1. The molecule has 39 heavy (non-hydrogen) atoms. The highest BCUT2D eigenvalue weighted by atomic mass is 31.2. The zero-order valence-corrected chi connectivity index (χ0v) is 25.3. The molecule has 3 N–H and O–H groups in total. The number of allylic oxidation sites excluding steroid dienone is 2. The predicted octanol–water partition coefficient (Wildman–Crippen LogP) is 6.93. The molecule has 0 fully saturated rings. The van der Waals surface area contributed by atoms with Crippen molar-refractivity contribution in [1.82, 2.24) is 0 Å². The number of phosphoric acid groups is 1. The van der Waals surface area contributed by atoms with Gasteiger partial charge in [-0.2, -0.15) is 0 Å². The molecule has 0 aromatic carbocycles. The van der Waals surface area contributed by atoms with Gasteiger partial charge in [-0.1, -0.05) is 103 Å². The van der Waals surface area contributed by atoms with Crippen molar-refractivity contribution in [3.05, 3.63) is 24.3 Å². The number of hydrogen-bond donors (Lipinski definition) is 2. The van der Waals surface area contributed by atoms with E-state index in [9.17, 15) is 19.0 Å². The van der Waals surface area contributed by atoms with Crippen LogP contribution in [0.2, 0.25) is 0 Å². The van der Waals surface area contributed by atoms with Crippen LogP contribution in [0.5, 0.6) is 0 Å². The number of ether oxygens (including phenoxy) is 2. The molecule has 0 radical (unpaired) electrons. The van der Waals surface area contributed by atoms with Crippen LogP contribution >= 0.6 is 7.82 Å². The maximum Gasteiger partial charge on any atom is 0.472 e. The molecule has 0 rings (SSSR count). The second-order valence-electron chi connectivity index (χ2n) is 9.70. The Kier molecular flexibility index (Phi) is 25.7. The second-order valence-corrected chi connectivity index (χ2v) is 11.2. The molecule has 0 aliphatic carbocycles. The lowest BCUT2D eigenvalue weighted by Crippen LogP contribution is -2.29. The Balaban J connectivity index is 4.52. The highest BCUT2D eigenvalue weighted by molar-refractivity contribution is 7.47. The minimum absolute atomic E-state index is 0.0403. The van der Waals surface area contributed by atoms with E-state index in [1.807, 2.05) is 0 Å². The summed E-state index contributed by atoms with van der Waals surface area (Å²) in [5.41, 5.74) is 5.28. The summed E-state index contributed by atoms with van der Waals surface area (Å²) < 4.78 is 32.0. The van der Waals surface area contributed by atoms with Gasteiger partial charge in [0.15, 0.2) is 6.10 Å². The Morgan fingerprint density at radius 2 is 1.23 bits per heavy atom. The largest absolute Gasteiger partial charge is 0.472 e. The summed E-state index contributed by atoms with van der Waals surface area (Å²) in [4.78, 5) is 34.1. The van der Waals surface area contributed by atoms with Crippen LogP contribution < -0.4 is 5.73 Å². The summed E-state index contributed by atoms with van der Waals surface area (Å²) in [6.07, 6.45) is 23.2. The molecule has 0 aromatic rings. The number of carbonyl (C=O) groups is 2. The van der Waals surface area contributed by atoms with E-state index in [0.717, 1.165) is 38.5 Å². The van der Waals surface area contributed by atoms with Gasteiger partial charge in [-0.05, 0) is 25.7 Å². The lowest BCUT2D eigenvalue weighted by Gasteiger charge is -2.18. The maximum atomic E-state index is 12.3. The van der Waals surface area contributed by atoms with Crippen LogP contribution in [0.3, 0.4) is 0 Å². The van der Waals surface area contributed by atoms with Gasteiger partial charge in [0.2, 0.25) is 0 Å². The highest BCUT2D eigenvalue weighted by Crippen LogP contribution is 2.43. The Morgan fingerprint density at radius 3 is 1.74 bits per heavy atom. The molecule has 9 nitrogen and oxygen atoms in total. The summed E-state index contributed by atoms with van der Waals surface area (Å²) in [5.74, 6) is -1.23. The Labute approximate surface area is 236 Å². The van der Waals surface area contributed by atoms with Crippen molar-refractivity contribution in [3.63, 3.8) is 0 Å². The van der Waals surface area contributed by atoms with Gasteiger partial charge in [-0.25, -0.2) is 14.2 Å². The van der Waals surface area contributed by atoms with Crippen molar-refractivity contribution < 1.29 is 37.6 Å². The molecular weight excluding hydrogens is 521 g/mol. The van der Waals surface area contributed by atoms with Gasteiger partial charge >= 0.3 is 19.8 Å². The van der Waals surface area contributed by atoms with Gasteiger partial charge in [-0.15, -0.1) is 0 Å². The van der Waals surface area contributed by atoms with Crippen LogP contribution in [-0.2, 0) is 32.7 Å². The van der Waals surface area contributed by atoms with Crippen molar-refractivity contribution in [2.45, 2.75) is 123 Å². The molecule has 0 bridgehead atoms. The van der Waals surface area contributed by atoms with E-state index in [1.54, 1.807) is 12.2 Å². The number of carbonyl (C=O) groups excluding carboxylic acids is 2. The highest BCUT2D eigenvalue weighted by Gasteiger charge is 2.25. The minimum atomic E-state index is -4.38. The Morgan fingerprint density at radius 1 is 0.744 bits per heavy atom. The predicted molar refractivity (Wildman–Crippen MR) is 155 cm³/mol. The van der Waals surface area contributed by atoms with E-state index >= 15 is 0 Å². The van der Waals surface area contributed by atoms with Crippen LogP contribution in [0.15, 0.2) is 24.3 Å². The third kappa shape index (κ3) is 26.5. The van der Waals surface area contributed by atoms with E-state index in [0.29, 0.717) is 0 Å². The second kappa shape index (κ2) is 26.7. The topological polar surface area (TPSA) is 134 Å². The van der Waals surface area contributed by atoms with E-state index < -0.39 is 32.5 Å². The van der Waals surface area contributed by atoms with E-state index in [2.05, 4.69) is 13.8 Å². The smallest absolute Gasteiger partial charge is 0.458 e. The first-order chi connectivity index (χ1) is 18.8. The molecule has 0 heterocycles. The normalized spacial score (nSPS) is 14.1. The molecule has 2 atom stereocenters. The fourth-order valence-corrected chi connectivity index (χ4v) is 4.49. The number of hydrogen-bond acceptors (Lipinski definition) is 8. The van der Waals surface area contributed by atoms with Crippen molar-refractivity contribution in [3.8, 4) is 0 Å². The quantitative estimate of drug-likeness (QED) is 0.0463. The van der Waals surface area contributed by atoms with Crippen LogP contribution in [0, 0.1) is 0 Å². The SMILES string of the molecule is CCCCCCCCCC=CC(=O)OC[C@H](COP(=O)(O)OCCN)OC(=O)C=CCCCCCCCCC. The van der Waals surface area contributed by atoms with Gasteiger partial charge in [0.25, 0.3) is 0 Å². The number of esters is 2. The Bertz CT molecular complexity index is 713. The van der Waals surface area contributed by atoms with Gasteiger partial charge in [-0.3, -0.25) is 9.05 Å². The molecule has 0 aliphatic rings. The number of unbranched alkanes of at least 4 members (excludes halogenated alkanes) is 14. The van der Waals surface area contributed by atoms with Crippen molar-refractivity contribution >= 4 is 19.8 Å². The average molecular weight is 576 g/mol. The van der Waals surface area contributed by atoms with Gasteiger partial charge in [0.1, 0.15) is 6.61 Å². The summed E-state index contributed by atoms with van der Waals surface area (Å²) >= 11 is 0. The molecule has 0 aromatic heterocycles. The maximum absolute atomic E-state index is 12.3. The van der Waals surface area contributed by atoms with Gasteiger partial charge in [0.05, 0.1) is 13.2 Å². The molecule has 0 saturated carbocycles. The first-order valence-corrected chi connectivity index (χ1v) is 16.4. The molecule has 0 aliphatic heterocycles. The van der Waals surface area contributed by atoms with Crippen LogP contribution in [0.4, 0.5) is 0 Å². The van der Waals surface area contributed by atoms with Crippen molar-refractivity contribution in [1.29, 1.82) is 0 Å². The van der Waals surface area contributed by atoms with E-state index in [1.165, 1.54) is 76.4 Å². The molecule has 228 valence electrons. The lowest BCUT2D eigenvalue weighted by atomic mass is 10.1. The summed E-state index contributed by atoms with van der Waals surface area (Å²) in [6.45, 7) is 3.45. The summed E-state index contributed by atoms with van der Waals surface area (Å²) in [5, 5.41) is 0. The Hall–Kier alpha value is -1.51. The molecule has 0 saturated heterocycles. The standard InChI is InChI=1S/C29H54NO8P/c1-3-5-7-9-11-13-15-17-19-21-28(31)35-25-27(26-37-39(33,34)36-24-23-30)38-29(32)22-20-18-16-14-12-10-8-6-4-2/h19-22,27H,3-18,23-26,30H2,1-2H3,(H,33,34)/t27-/m1/s1. The third-order valence-corrected chi connectivity index (χ3v) is 6.93. The fourth-order valence-electron chi connectivity index (χ4n) is 3.72. The zero-order valence-electron chi connectivity index (χ0n) is 24.4. The minimum Gasteiger partial charge on any atom is -0.458 e. The zero-order chi connectivity index (χ0) is 29.0. The number of phosphoric ester groups is 1. The lowest BCUT2D eigenvalue weighted by molar-refractivity contribution is -0.154. The van der Waals surface area contributed by atoms with E-state index in [4.69, 9.17) is 24.3 Å². The van der Waals surface area contributed by atoms with Crippen LogP contribution in [0.25, 0.3) is 0 Å². The first-order valence-electron chi connectivity index (χ1n) is 14.9. The fraction of sp³-hybridized carbons (Fsp3) is 0.793. The molecule has 0 amide bonds. The first kappa shape index (κ1) is 37.5. The molecule has 0 spiro atoms.